The number of amides is 1. The largest absolute Gasteiger partial charge is 0.434 e. The zero-order chi connectivity index (χ0) is 13.7. The first-order valence-electron chi connectivity index (χ1n) is 5.16. The van der Waals surface area contributed by atoms with Crippen LogP contribution >= 0.6 is 15.9 Å². The molecule has 100 valence electrons. The normalized spacial score (nSPS) is 12.3. The Labute approximate surface area is 112 Å². The van der Waals surface area contributed by atoms with Gasteiger partial charge in [-0.3, -0.25) is 4.79 Å². The van der Waals surface area contributed by atoms with Crippen LogP contribution in [0.5, 0.6) is 5.75 Å². The van der Waals surface area contributed by atoms with Crippen LogP contribution in [0.3, 0.4) is 0 Å². The molecule has 0 saturated carbocycles. The van der Waals surface area contributed by atoms with Crippen LogP contribution in [-0.2, 0) is 11.3 Å². The Hall–Kier alpha value is -1.21. The van der Waals surface area contributed by atoms with Gasteiger partial charge in [-0.1, -0.05) is 15.9 Å². The molecule has 18 heavy (non-hydrogen) atoms. The average Bonchev–Trinajstić information content (AvgIpc) is 2.28. The van der Waals surface area contributed by atoms with Gasteiger partial charge in [0, 0.05) is 16.6 Å². The van der Waals surface area contributed by atoms with Gasteiger partial charge in [0.2, 0.25) is 5.91 Å². The number of halogens is 3. The first-order chi connectivity index (χ1) is 8.40. The van der Waals surface area contributed by atoms with Crippen molar-refractivity contribution in [2.75, 3.05) is 0 Å². The molecule has 4 nitrogen and oxygen atoms in total. The van der Waals surface area contributed by atoms with Crippen LogP contribution in [0.15, 0.2) is 22.7 Å². The molecular weight excluding hydrogens is 310 g/mol. The molecular formula is C11H13BrF2N2O2. The van der Waals surface area contributed by atoms with E-state index in [0.717, 1.165) is 0 Å². The number of benzene rings is 1. The van der Waals surface area contributed by atoms with Crippen molar-refractivity contribution in [2.24, 2.45) is 5.73 Å². The molecule has 1 aromatic carbocycles. The number of nitrogens with one attached hydrogen (secondary N) is 1. The third-order valence-electron chi connectivity index (χ3n) is 2.11. The van der Waals surface area contributed by atoms with Crippen LogP contribution in [0.25, 0.3) is 0 Å². The van der Waals surface area contributed by atoms with Crippen molar-refractivity contribution in [1.82, 2.24) is 5.32 Å². The second kappa shape index (κ2) is 6.65. The Morgan fingerprint density at radius 2 is 2.22 bits per heavy atom. The number of carbonyl (C=O) groups excluding carboxylic acids is 1. The van der Waals surface area contributed by atoms with Crippen LogP contribution < -0.4 is 15.8 Å². The lowest BCUT2D eigenvalue weighted by molar-refractivity contribution is -0.122. The van der Waals surface area contributed by atoms with Crippen molar-refractivity contribution in [1.29, 1.82) is 0 Å². The molecule has 3 N–H and O–H groups in total. The molecule has 1 rings (SSSR count). The van der Waals surface area contributed by atoms with Gasteiger partial charge in [0.25, 0.3) is 0 Å². The highest BCUT2D eigenvalue weighted by molar-refractivity contribution is 9.10. The Morgan fingerprint density at radius 1 is 1.56 bits per heavy atom. The van der Waals surface area contributed by atoms with E-state index in [1.807, 2.05) is 0 Å². The van der Waals surface area contributed by atoms with E-state index in [1.165, 1.54) is 13.0 Å². The number of hydrogen-bond donors (Lipinski definition) is 2. The summed E-state index contributed by atoms with van der Waals surface area (Å²) in [5.74, 6) is -0.337. The van der Waals surface area contributed by atoms with Crippen molar-refractivity contribution in [3.05, 3.63) is 28.2 Å². The summed E-state index contributed by atoms with van der Waals surface area (Å²) in [7, 11) is 0. The summed E-state index contributed by atoms with van der Waals surface area (Å²) in [5, 5.41) is 2.53. The van der Waals surface area contributed by atoms with Crippen molar-refractivity contribution in [3.63, 3.8) is 0 Å². The van der Waals surface area contributed by atoms with E-state index < -0.39 is 12.7 Å². The highest BCUT2D eigenvalue weighted by Gasteiger charge is 2.12. The molecule has 0 spiro atoms. The van der Waals surface area contributed by atoms with E-state index in [1.54, 1.807) is 12.1 Å². The molecule has 1 atom stereocenters. The maximum Gasteiger partial charge on any atom is 0.387 e. The molecule has 0 radical (unpaired) electrons. The SMILES string of the molecule is C[C@@H](N)C(=O)NCc1cc(Br)ccc1OC(F)F. The molecule has 0 heterocycles. The topological polar surface area (TPSA) is 64.4 Å². The molecule has 0 aliphatic heterocycles. The monoisotopic (exact) mass is 322 g/mol. The molecule has 0 aromatic heterocycles. The minimum Gasteiger partial charge on any atom is -0.434 e. The summed E-state index contributed by atoms with van der Waals surface area (Å²) in [6.45, 7) is -1.30. The summed E-state index contributed by atoms with van der Waals surface area (Å²) < 4.78 is 29.4. The van der Waals surface area contributed by atoms with E-state index in [2.05, 4.69) is 26.0 Å². The second-order valence-corrected chi connectivity index (χ2v) is 4.55. The second-order valence-electron chi connectivity index (χ2n) is 3.64. The van der Waals surface area contributed by atoms with Gasteiger partial charge in [0.1, 0.15) is 5.75 Å². The predicted molar refractivity (Wildman–Crippen MR) is 66.3 cm³/mol. The lowest BCUT2D eigenvalue weighted by atomic mass is 10.2. The minimum atomic E-state index is -2.91. The van der Waals surface area contributed by atoms with Gasteiger partial charge in [0.15, 0.2) is 0 Å². The van der Waals surface area contributed by atoms with E-state index in [-0.39, 0.29) is 18.2 Å². The smallest absolute Gasteiger partial charge is 0.387 e. The molecule has 0 saturated heterocycles. The lowest BCUT2D eigenvalue weighted by Crippen LogP contribution is -2.37. The van der Waals surface area contributed by atoms with Gasteiger partial charge < -0.3 is 15.8 Å². The van der Waals surface area contributed by atoms with Crippen LogP contribution in [0.2, 0.25) is 0 Å². The molecule has 0 unspecified atom stereocenters. The van der Waals surface area contributed by atoms with E-state index >= 15 is 0 Å². The van der Waals surface area contributed by atoms with Crippen molar-refractivity contribution >= 4 is 21.8 Å². The fraction of sp³-hybridized carbons (Fsp3) is 0.364. The summed E-state index contributed by atoms with van der Waals surface area (Å²) >= 11 is 3.22. The highest BCUT2D eigenvalue weighted by Crippen LogP contribution is 2.24. The third-order valence-corrected chi connectivity index (χ3v) is 2.60. The van der Waals surface area contributed by atoms with E-state index in [4.69, 9.17) is 5.73 Å². The number of ether oxygens (including phenoxy) is 1. The third kappa shape index (κ3) is 4.58. The Bertz CT molecular complexity index is 428. The number of hydrogen-bond acceptors (Lipinski definition) is 3. The molecule has 0 aliphatic rings. The average molecular weight is 323 g/mol. The lowest BCUT2D eigenvalue weighted by Gasteiger charge is -2.13. The van der Waals surface area contributed by atoms with Gasteiger partial charge in [-0.2, -0.15) is 8.78 Å². The summed E-state index contributed by atoms with van der Waals surface area (Å²) in [6.07, 6.45) is 0. The van der Waals surface area contributed by atoms with Gasteiger partial charge in [-0.05, 0) is 25.1 Å². The van der Waals surface area contributed by atoms with Crippen molar-refractivity contribution in [2.45, 2.75) is 26.1 Å². The van der Waals surface area contributed by atoms with Gasteiger partial charge in [-0.25, -0.2) is 0 Å². The zero-order valence-electron chi connectivity index (χ0n) is 9.62. The molecule has 1 amide bonds. The van der Waals surface area contributed by atoms with Crippen molar-refractivity contribution < 1.29 is 18.3 Å². The summed E-state index contributed by atoms with van der Waals surface area (Å²) in [5.41, 5.74) is 5.82. The maximum absolute atomic E-state index is 12.2. The molecule has 0 fully saturated rings. The van der Waals surface area contributed by atoms with E-state index in [0.29, 0.717) is 10.0 Å². The Balaban J connectivity index is 2.79. The first-order valence-corrected chi connectivity index (χ1v) is 5.96. The molecule has 0 bridgehead atoms. The maximum atomic E-state index is 12.2. The fourth-order valence-electron chi connectivity index (χ4n) is 1.24. The number of nitrogens with two attached hydrogens (primary N) is 1. The van der Waals surface area contributed by atoms with Gasteiger partial charge >= 0.3 is 6.61 Å². The van der Waals surface area contributed by atoms with Crippen molar-refractivity contribution in [3.8, 4) is 5.75 Å². The van der Waals surface area contributed by atoms with Gasteiger partial charge in [0.05, 0.1) is 6.04 Å². The Morgan fingerprint density at radius 3 is 2.78 bits per heavy atom. The molecule has 0 aliphatic carbocycles. The summed E-state index contributed by atoms with van der Waals surface area (Å²) in [6, 6.07) is 3.92. The fourth-order valence-corrected chi connectivity index (χ4v) is 1.65. The summed E-state index contributed by atoms with van der Waals surface area (Å²) in [4.78, 5) is 11.3. The Kier molecular flexibility index (Phi) is 5.49. The van der Waals surface area contributed by atoms with Crippen LogP contribution in [0, 0.1) is 0 Å². The number of alkyl halides is 2. The van der Waals surface area contributed by atoms with E-state index in [9.17, 15) is 13.6 Å². The van der Waals surface area contributed by atoms with Crippen LogP contribution in [0.1, 0.15) is 12.5 Å². The first kappa shape index (κ1) is 14.8. The molecule has 1 aromatic rings. The highest BCUT2D eigenvalue weighted by atomic mass is 79.9. The quantitative estimate of drug-likeness (QED) is 0.871. The number of carbonyl (C=O) groups is 1. The molecule has 7 heteroatoms. The number of rotatable bonds is 5. The van der Waals surface area contributed by atoms with Crippen LogP contribution in [0.4, 0.5) is 8.78 Å². The standard InChI is InChI=1S/C11H13BrF2N2O2/c1-6(15)10(17)16-5-7-4-8(12)2-3-9(7)18-11(13)14/h2-4,6,11H,5,15H2,1H3,(H,16,17)/t6-/m1/s1. The predicted octanol–water partition coefficient (Wildman–Crippen LogP) is 2.01. The van der Waals surface area contributed by atoms with Gasteiger partial charge in [-0.15, -0.1) is 0 Å². The zero-order valence-corrected chi connectivity index (χ0v) is 11.2. The minimum absolute atomic E-state index is 0.0261. The van der Waals surface area contributed by atoms with Crippen LogP contribution in [-0.4, -0.2) is 18.6 Å².